The molecule has 2 aromatic carbocycles. The Morgan fingerprint density at radius 1 is 1.03 bits per heavy atom. The van der Waals surface area contributed by atoms with Gasteiger partial charge in [-0.05, 0) is 68.2 Å². The molecule has 1 aromatic heterocycles. The van der Waals surface area contributed by atoms with E-state index in [1.807, 2.05) is 30.3 Å². The molecule has 3 aromatic rings. The third-order valence-corrected chi connectivity index (χ3v) is 6.17. The highest BCUT2D eigenvalue weighted by atomic mass is 32.1. The van der Waals surface area contributed by atoms with Crippen molar-refractivity contribution in [3.63, 3.8) is 0 Å². The first-order valence-electron chi connectivity index (χ1n) is 10.9. The molecule has 1 aliphatic carbocycles. The van der Waals surface area contributed by atoms with E-state index in [4.69, 9.17) is 17.3 Å². The predicted molar refractivity (Wildman–Crippen MR) is 133 cm³/mol. The number of hydrogen-bond donors (Lipinski definition) is 2. The van der Waals surface area contributed by atoms with Crippen molar-refractivity contribution in [1.29, 1.82) is 0 Å². The zero-order valence-corrected chi connectivity index (χ0v) is 19.4. The van der Waals surface area contributed by atoms with Crippen LogP contribution >= 0.6 is 12.2 Å². The molecule has 0 saturated carbocycles. The first-order chi connectivity index (χ1) is 14.9. The maximum Gasteiger partial charge on any atom is 0.171 e. The molecule has 0 radical (unpaired) electrons. The highest BCUT2D eigenvalue weighted by molar-refractivity contribution is 7.80. The van der Waals surface area contributed by atoms with Crippen LogP contribution in [0.4, 0.5) is 5.69 Å². The van der Waals surface area contributed by atoms with Crippen molar-refractivity contribution in [2.75, 3.05) is 5.32 Å². The van der Waals surface area contributed by atoms with Gasteiger partial charge in [0.15, 0.2) is 5.11 Å². The van der Waals surface area contributed by atoms with Crippen LogP contribution in [0.5, 0.6) is 0 Å². The number of thiocarbonyl (C=S) groups is 1. The summed E-state index contributed by atoms with van der Waals surface area (Å²) >= 11 is 5.50. The number of rotatable bonds is 5. The molecule has 5 heteroatoms. The van der Waals surface area contributed by atoms with Gasteiger partial charge in [0.05, 0.1) is 11.4 Å². The van der Waals surface area contributed by atoms with E-state index in [9.17, 15) is 0 Å². The van der Waals surface area contributed by atoms with Crippen LogP contribution in [0.15, 0.2) is 66.7 Å². The SMILES string of the molecule is Cc1nn(-c2ccc(C(C)C)cc2)c(C)c1[C@H]1C=C[C@@H](NC(=S)Nc2ccccc2)C1. The Morgan fingerprint density at radius 2 is 1.74 bits per heavy atom. The van der Waals surface area contributed by atoms with Crippen LogP contribution in [-0.2, 0) is 0 Å². The molecule has 0 aliphatic heterocycles. The molecule has 4 nitrogen and oxygen atoms in total. The summed E-state index contributed by atoms with van der Waals surface area (Å²) in [5.41, 5.74) is 7.06. The van der Waals surface area contributed by atoms with Crippen molar-refractivity contribution < 1.29 is 0 Å². The van der Waals surface area contributed by atoms with Crippen molar-refractivity contribution in [2.45, 2.75) is 52.0 Å². The largest absolute Gasteiger partial charge is 0.356 e. The van der Waals surface area contributed by atoms with Crippen molar-refractivity contribution in [3.05, 3.63) is 89.3 Å². The van der Waals surface area contributed by atoms with Crippen LogP contribution < -0.4 is 10.6 Å². The summed E-state index contributed by atoms with van der Waals surface area (Å²) in [5, 5.41) is 12.2. The summed E-state index contributed by atoms with van der Waals surface area (Å²) in [7, 11) is 0. The molecule has 0 spiro atoms. The molecule has 31 heavy (non-hydrogen) atoms. The molecule has 4 rings (SSSR count). The average molecular weight is 431 g/mol. The van der Waals surface area contributed by atoms with Crippen LogP contribution in [0.1, 0.15) is 54.6 Å². The van der Waals surface area contributed by atoms with E-state index in [1.54, 1.807) is 0 Å². The van der Waals surface area contributed by atoms with E-state index in [-0.39, 0.29) is 6.04 Å². The maximum absolute atomic E-state index is 5.50. The molecule has 1 aliphatic rings. The predicted octanol–water partition coefficient (Wildman–Crippen LogP) is 6.01. The number of nitrogens with one attached hydrogen (secondary N) is 2. The second-order valence-corrected chi connectivity index (χ2v) is 8.95. The molecular weight excluding hydrogens is 400 g/mol. The van der Waals surface area contributed by atoms with E-state index in [0.717, 1.165) is 23.5 Å². The smallest absolute Gasteiger partial charge is 0.171 e. The molecular formula is C26H30N4S. The van der Waals surface area contributed by atoms with Gasteiger partial charge in [-0.1, -0.05) is 56.3 Å². The van der Waals surface area contributed by atoms with Crippen LogP contribution in [0.3, 0.4) is 0 Å². The first-order valence-corrected chi connectivity index (χ1v) is 11.3. The number of anilines is 1. The number of hydrogen-bond acceptors (Lipinski definition) is 2. The molecule has 2 atom stereocenters. The summed E-state index contributed by atoms with van der Waals surface area (Å²) in [6.45, 7) is 8.71. The minimum atomic E-state index is 0.209. The van der Waals surface area contributed by atoms with Crippen molar-refractivity contribution in [1.82, 2.24) is 15.1 Å². The normalized spacial score (nSPS) is 17.8. The van der Waals surface area contributed by atoms with E-state index in [0.29, 0.717) is 16.9 Å². The van der Waals surface area contributed by atoms with Crippen LogP contribution in [0.2, 0.25) is 0 Å². The van der Waals surface area contributed by atoms with E-state index < -0.39 is 0 Å². The monoisotopic (exact) mass is 430 g/mol. The quantitative estimate of drug-likeness (QED) is 0.384. The lowest BCUT2D eigenvalue weighted by molar-refractivity contribution is 0.656. The zero-order chi connectivity index (χ0) is 22.0. The van der Waals surface area contributed by atoms with Gasteiger partial charge in [0.25, 0.3) is 0 Å². The highest BCUT2D eigenvalue weighted by Crippen LogP contribution is 2.34. The van der Waals surface area contributed by atoms with E-state index in [2.05, 4.69) is 79.4 Å². The number of aryl methyl sites for hydroxylation is 1. The van der Waals surface area contributed by atoms with Gasteiger partial charge in [-0.3, -0.25) is 0 Å². The fraction of sp³-hybridized carbons (Fsp3) is 0.308. The Morgan fingerprint density at radius 3 is 2.42 bits per heavy atom. The van der Waals surface area contributed by atoms with E-state index >= 15 is 0 Å². The molecule has 0 bridgehead atoms. The standard InChI is InChI=1S/C26H30N4S/c1-17(2)20-11-14-24(15-12-20)30-19(4)25(18(3)29-30)21-10-13-23(16-21)28-26(31)27-22-8-6-5-7-9-22/h5-15,17,21,23H,16H2,1-4H3,(H2,27,28,31)/t21-,23+/m0/s1. The lowest BCUT2D eigenvalue weighted by Crippen LogP contribution is -2.35. The number of nitrogens with zero attached hydrogens (tertiary/aromatic N) is 2. The first kappa shape index (κ1) is 21.3. The van der Waals surface area contributed by atoms with E-state index in [1.165, 1.54) is 16.8 Å². The maximum atomic E-state index is 5.50. The fourth-order valence-corrected chi connectivity index (χ4v) is 4.59. The Kier molecular flexibility index (Phi) is 6.23. The fourth-order valence-electron chi connectivity index (χ4n) is 4.32. The summed E-state index contributed by atoms with van der Waals surface area (Å²) < 4.78 is 2.07. The minimum absolute atomic E-state index is 0.209. The second-order valence-electron chi connectivity index (χ2n) is 8.54. The summed E-state index contributed by atoms with van der Waals surface area (Å²) in [5.74, 6) is 0.862. The van der Waals surface area contributed by atoms with Gasteiger partial charge in [-0.25, -0.2) is 4.68 Å². The van der Waals surface area contributed by atoms with Gasteiger partial charge < -0.3 is 10.6 Å². The number of benzene rings is 2. The van der Waals surface area contributed by atoms with Gasteiger partial charge in [0, 0.05) is 28.9 Å². The lowest BCUT2D eigenvalue weighted by atomic mass is 9.96. The summed E-state index contributed by atoms with van der Waals surface area (Å²) in [4.78, 5) is 0. The Balaban J connectivity index is 1.45. The lowest BCUT2D eigenvalue weighted by Gasteiger charge is -2.17. The van der Waals surface area contributed by atoms with Gasteiger partial charge >= 0.3 is 0 Å². The molecule has 0 amide bonds. The Hall–Kier alpha value is -2.92. The molecule has 2 N–H and O–H groups in total. The molecule has 1 heterocycles. The summed E-state index contributed by atoms with van der Waals surface area (Å²) in [6, 6.07) is 19.0. The third-order valence-electron chi connectivity index (χ3n) is 5.95. The van der Waals surface area contributed by atoms with Crippen LogP contribution in [0.25, 0.3) is 5.69 Å². The van der Waals surface area contributed by atoms with Gasteiger partial charge in [-0.2, -0.15) is 5.10 Å². The zero-order valence-electron chi connectivity index (χ0n) is 18.6. The topological polar surface area (TPSA) is 41.9 Å². The minimum Gasteiger partial charge on any atom is -0.356 e. The van der Waals surface area contributed by atoms with Crippen molar-refractivity contribution in [2.24, 2.45) is 0 Å². The third kappa shape index (κ3) is 4.72. The number of aromatic nitrogens is 2. The van der Waals surface area contributed by atoms with Gasteiger partial charge in [0.1, 0.15) is 0 Å². The second kappa shape index (κ2) is 9.06. The van der Waals surface area contributed by atoms with Gasteiger partial charge in [0.2, 0.25) is 0 Å². The summed E-state index contributed by atoms with van der Waals surface area (Å²) in [6.07, 6.45) is 5.47. The van der Waals surface area contributed by atoms with Crippen molar-refractivity contribution in [3.8, 4) is 5.69 Å². The van der Waals surface area contributed by atoms with Crippen molar-refractivity contribution >= 4 is 23.0 Å². The molecule has 0 unspecified atom stereocenters. The van der Waals surface area contributed by atoms with Gasteiger partial charge in [-0.15, -0.1) is 0 Å². The Labute approximate surface area is 190 Å². The Bertz CT molecular complexity index is 1080. The molecule has 0 fully saturated rings. The van der Waals surface area contributed by atoms with Crippen LogP contribution in [0, 0.1) is 13.8 Å². The van der Waals surface area contributed by atoms with Crippen LogP contribution in [-0.4, -0.2) is 20.9 Å². The molecule has 160 valence electrons. The number of allylic oxidation sites excluding steroid dienone is 1. The highest BCUT2D eigenvalue weighted by Gasteiger charge is 2.26. The average Bonchev–Trinajstić information content (AvgIpc) is 3.32. The number of para-hydroxylation sites is 1. The molecule has 0 saturated heterocycles.